The fourth-order valence-corrected chi connectivity index (χ4v) is 2.32. The highest BCUT2D eigenvalue weighted by molar-refractivity contribution is 6.39. The molecule has 0 aliphatic carbocycles. The van der Waals surface area contributed by atoms with E-state index in [0.29, 0.717) is 31.9 Å². The van der Waals surface area contributed by atoms with Crippen molar-refractivity contribution >= 4 is 34.8 Å². The number of benzene rings is 1. The molecule has 1 N–H and O–H groups in total. The van der Waals surface area contributed by atoms with Crippen LogP contribution in [0.1, 0.15) is 5.69 Å². The lowest BCUT2D eigenvalue weighted by atomic mass is 10.0. The monoisotopic (exact) mass is 287 g/mol. The molecule has 0 amide bonds. The van der Waals surface area contributed by atoms with E-state index in [9.17, 15) is 5.11 Å². The van der Waals surface area contributed by atoms with Crippen LogP contribution in [0.4, 0.5) is 0 Å². The highest BCUT2D eigenvalue weighted by Gasteiger charge is 2.13. The summed E-state index contributed by atoms with van der Waals surface area (Å²) in [5.74, 6) is 0. The van der Waals surface area contributed by atoms with Gasteiger partial charge < -0.3 is 5.11 Å². The molecule has 5 heteroatoms. The van der Waals surface area contributed by atoms with Gasteiger partial charge in [0, 0.05) is 27.4 Å². The fraction of sp³-hybridized carbons (Fsp3) is 0.0833. The number of hydrogen-bond donors (Lipinski definition) is 1. The minimum atomic E-state index is -0.200. The summed E-state index contributed by atoms with van der Waals surface area (Å²) in [6.45, 7) is -0.200. The van der Waals surface area contributed by atoms with Crippen LogP contribution in [0.25, 0.3) is 11.1 Å². The molecule has 0 atom stereocenters. The molecular weight excluding hydrogens is 280 g/mol. The summed E-state index contributed by atoms with van der Waals surface area (Å²) >= 11 is 18.1. The molecular formula is C12H8Cl3NO. The maximum atomic E-state index is 9.26. The van der Waals surface area contributed by atoms with Crippen LogP contribution in [0.5, 0.6) is 0 Å². The summed E-state index contributed by atoms with van der Waals surface area (Å²) < 4.78 is 0. The minimum absolute atomic E-state index is 0.200. The predicted molar refractivity (Wildman–Crippen MR) is 70.6 cm³/mol. The van der Waals surface area contributed by atoms with Crippen molar-refractivity contribution < 1.29 is 5.11 Å². The first-order valence-electron chi connectivity index (χ1n) is 4.83. The number of pyridine rings is 1. The van der Waals surface area contributed by atoms with Crippen molar-refractivity contribution in [3.63, 3.8) is 0 Å². The van der Waals surface area contributed by atoms with Gasteiger partial charge in [-0.25, -0.2) is 0 Å². The second-order valence-electron chi connectivity index (χ2n) is 3.40. The molecule has 2 rings (SSSR count). The van der Waals surface area contributed by atoms with Crippen LogP contribution in [0.15, 0.2) is 30.5 Å². The standard InChI is InChI=1S/C12H8Cl3NO/c13-7-4-8(11(6-17)16-5-7)12-9(14)2-1-3-10(12)15/h1-5,17H,6H2. The maximum Gasteiger partial charge on any atom is 0.0859 e. The van der Waals surface area contributed by atoms with Gasteiger partial charge in [-0.05, 0) is 18.2 Å². The van der Waals surface area contributed by atoms with E-state index in [1.54, 1.807) is 24.3 Å². The number of aromatic nitrogens is 1. The third-order valence-electron chi connectivity index (χ3n) is 2.32. The Balaban J connectivity index is 2.71. The van der Waals surface area contributed by atoms with Crippen LogP contribution < -0.4 is 0 Å². The third kappa shape index (κ3) is 2.55. The van der Waals surface area contributed by atoms with Gasteiger partial charge in [-0.15, -0.1) is 0 Å². The second kappa shape index (κ2) is 5.23. The van der Waals surface area contributed by atoms with E-state index in [1.807, 2.05) is 0 Å². The van der Waals surface area contributed by atoms with Gasteiger partial charge in [0.2, 0.25) is 0 Å². The molecule has 0 unspecified atom stereocenters. The molecule has 2 nitrogen and oxygen atoms in total. The molecule has 1 heterocycles. The zero-order valence-electron chi connectivity index (χ0n) is 8.62. The van der Waals surface area contributed by atoms with E-state index in [4.69, 9.17) is 34.8 Å². The Labute approximate surface area is 114 Å². The van der Waals surface area contributed by atoms with Gasteiger partial charge in [0.25, 0.3) is 0 Å². The Morgan fingerprint density at radius 3 is 2.35 bits per heavy atom. The zero-order valence-corrected chi connectivity index (χ0v) is 10.9. The van der Waals surface area contributed by atoms with E-state index in [1.165, 1.54) is 6.20 Å². The second-order valence-corrected chi connectivity index (χ2v) is 4.65. The summed E-state index contributed by atoms with van der Waals surface area (Å²) in [5.41, 5.74) is 1.77. The van der Waals surface area contributed by atoms with Gasteiger partial charge in [-0.1, -0.05) is 40.9 Å². The van der Waals surface area contributed by atoms with Crippen molar-refractivity contribution in [2.75, 3.05) is 0 Å². The quantitative estimate of drug-likeness (QED) is 0.898. The zero-order chi connectivity index (χ0) is 12.4. The molecule has 0 fully saturated rings. The van der Waals surface area contributed by atoms with Crippen LogP contribution >= 0.6 is 34.8 Å². The number of aliphatic hydroxyl groups is 1. The van der Waals surface area contributed by atoms with Gasteiger partial charge in [0.1, 0.15) is 0 Å². The fourth-order valence-electron chi connectivity index (χ4n) is 1.57. The Morgan fingerprint density at radius 2 is 1.76 bits per heavy atom. The van der Waals surface area contributed by atoms with E-state index in [-0.39, 0.29) is 6.61 Å². The van der Waals surface area contributed by atoms with E-state index in [0.717, 1.165) is 0 Å². The van der Waals surface area contributed by atoms with Crippen molar-refractivity contribution in [2.24, 2.45) is 0 Å². The number of halogens is 3. The van der Waals surface area contributed by atoms with E-state index in [2.05, 4.69) is 4.98 Å². The van der Waals surface area contributed by atoms with Gasteiger partial charge in [0.05, 0.1) is 17.3 Å². The van der Waals surface area contributed by atoms with Crippen LogP contribution in [-0.2, 0) is 6.61 Å². The summed E-state index contributed by atoms with van der Waals surface area (Å²) in [6.07, 6.45) is 1.47. The highest BCUT2D eigenvalue weighted by atomic mass is 35.5. The van der Waals surface area contributed by atoms with Crippen molar-refractivity contribution in [1.82, 2.24) is 4.98 Å². The topological polar surface area (TPSA) is 33.1 Å². The largest absolute Gasteiger partial charge is 0.390 e. The Kier molecular flexibility index (Phi) is 3.89. The first kappa shape index (κ1) is 12.7. The summed E-state index contributed by atoms with van der Waals surface area (Å²) in [5, 5.41) is 10.7. The first-order chi connectivity index (χ1) is 8.13. The minimum Gasteiger partial charge on any atom is -0.390 e. The Bertz CT molecular complexity index is 537. The molecule has 0 saturated carbocycles. The molecule has 1 aromatic carbocycles. The molecule has 0 bridgehead atoms. The predicted octanol–water partition coefficient (Wildman–Crippen LogP) is 4.20. The lowest BCUT2D eigenvalue weighted by molar-refractivity contribution is 0.277. The summed E-state index contributed by atoms with van der Waals surface area (Å²) in [7, 11) is 0. The molecule has 17 heavy (non-hydrogen) atoms. The number of rotatable bonds is 2. The van der Waals surface area contributed by atoms with Gasteiger partial charge in [-0.3, -0.25) is 4.98 Å². The molecule has 1 aromatic heterocycles. The summed E-state index contributed by atoms with van der Waals surface area (Å²) in [6, 6.07) is 6.90. The average Bonchev–Trinajstić information content (AvgIpc) is 2.29. The molecule has 0 radical (unpaired) electrons. The van der Waals surface area contributed by atoms with E-state index >= 15 is 0 Å². The maximum absolute atomic E-state index is 9.26. The molecule has 2 aromatic rings. The Hall–Kier alpha value is -0.800. The molecule has 0 saturated heterocycles. The van der Waals surface area contributed by atoms with Crippen molar-refractivity contribution in [2.45, 2.75) is 6.61 Å². The Morgan fingerprint density at radius 1 is 1.12 bits per heavy atom. The van der Waals surface area contributed by atoms with Gasteiger partial charge >= 0.3 is 0 Å². The van der Waals surface area contributed by atoms with Gasteiger partial charge in [0.15, 0.2) is 0 Å². The molecule has 0 aliphatic rings. The van der Waals surface area contributed by atoms with Crippen molar-refractivity contribution in [1.29, 1.82) is 0 Å². The average molecular weight is 289 g/mol. The van der Waals surface area contributed by atoms with Crippen LogP contribution in [-0.4, -0.2) is 10.1 Å². The van der Waals surface area contributed by atoms with Gasteiger partial charge in [-0.2, -0.15) is 0 Å². The molecule has 0 aliphatic heterocycles. The molecule has 0 spiro atoms. The lowest BCUT2D eigenvalue weighted by Crippen LogP contribution is -1.95. The lowest BCUT2D eigenvalue weighted by Gasteiger charge is -2.10. The number of hydrogen-bond acceptors (Lipinski definition) is 2. The number of aliphatic hydroxyl groups excluding tert-OH is 1. The summed E-state index contributed by atoms with van der Waals surface area (Å²) in [4.78, 5) is 4.06. The smallest absolute Gasteiger partial charge is 0.0859 e. The highest BCUT2D eigenvalue weighted by Crippen LogP contribution is 2.36. The number of nitrogens with zero attached hydrogens (tertiary/aromatic N) is 1. The van der Waals surface area contributed by atoms with Crippen molar-refractivity contribution in [3.05, 3.63) is 51.2 Å². The van der Waals surface area contributed by atoms with Crippen LogP contribution in [0.2, 0.25) is 15.1 Å². The SMILES string of the molecule is OCc1ncc(Cl)cc1-c1c(Cl)cccc1Cl. The first-order valence-corrected chi connectivity index (χ1v) is 5.96. The van der Waals surface area contributed by atoms with E-state index < -0.39 is 0 Å². The third-order valence-corrected chi connectivity index (χ3v) is 3.16. The van der Waals surface area contributed by atoms with Crippen LogP contribution in [0.3, 0.4) is 0 Å². The molecule has 88 valence electrons. The van der Waals surface area contributed by atoms with Crippen molar-refractivity contribution in [3.8, 4) is 11.1 Å². The normalized spacial score (nSPS) is 10.6. The van der Waals surface area contributed by atoms with Crippen LogP contribution in [0, 0.1) is 0 Å².